The number of hydrogen-bond donors (Lipinski definition) is 4. The fraction of sp³-hybridized carbons (Fsp3) is 0.152. The maximum atomic E-state index is 14.1. The summed E-state index contributed by atoms with van der Waals surface area (Å²) in [4.78, 5) is 74.9. The number of aromatic hydroxyl groups is 3. The molecule has 3 aromatic carbocycles. The molecule has 0 unspecified atom stereocenters. The van der Waals surface area contributed by atoms with Crippen LogP contribution < -0.4 is 5.56 Å². The highest BCUT2D eigenvalue weighted by Crippen LogP contribution is 2.57. The van der Waals surface area contributed by atoms with Crippen LogP contribution in [0.15, 0.2) is 58.2 Å². The molecule has 0 amide bonds. The van der Waals surface area contributed by atoms with Crippen LogP contribution in [0.1, 0.15) is 70.2 Å². The number of hydrogen-bond acceptors (Lipinski definition) is 11. The molecule has 1 atom stereocenters. The number of aryl methyl sites for hydroxylation is 1. The molecule has 13 heteroatoms. The molecule has 7 rings (SSSR count). The minimum Gasteiger partial charge on any atom is -0.507 e. The number of nitrogens with zero attached hydrogens (tertiary/aromatic N) is 1. The number of carbonyl (C=O) groups is 4. The standard InChI is InChI=1S/C33H21FN2O10/c1-45-19-10-18(37)21-22(26(19)38)28(40)24-23(27(21)39)30(42)33(31(24)43)6-5-14-8-15-9-17(36-32(44)20(15)29(41)25(14)33)11-35-46-12-13-3-2-4-16(34)7-13/h2-4,7-11,39-41H,5-6,12H2,1H3,(H,36,44)/t33-/m0/s1. The van der Waals surface area contributed by atoms with Gasteiger partial charge in [-0.05, 0) is 47.6 Å². The SMILES string of the molecule is COC1=CC(=O)c2c(O)c3c(c(O)c2C1=O)C(=O)[C@]1(CCc2cc4cc(C=NOCc5cccc(F)c5)[nH]c(=O)c4c(O)c21)C3=O. The van der Waals surface area contributed by atoms with Crippen molar-refractivity contribution in [1.29, 1.82) is 0 Å². The molecule has 12 nitrogen and oxygen atoms in total. The Hall–Kier alpha value is -6.11. The average molecular weight is 625 g/mol. The van der Waals surface area contributed by atoms with Gasteiger partial charge in [0.25, 0.3) is 5.56 Å². The number of nitrogens with one attached hydrogen (secondary N) is 1. The number of Topliss-reactive ketones (excluding diaryl/α,β-unsaturated/α-hetero) is 3. The van der Waals surface area contributed by atoms with Crippen LogP contribution in [0.3, 0.4) is 0 Å². The van der Waals surface area contributed by atoms with Crippen molar-refractivity contribution in [3.63, 3.8) is 0 Å². The number of fused-ring (bicyclic) bond motifs is 5. The van der Waals surface area contributed by atoms with E-state index in [1.165, 1.54) is 36.5 Å². The van der Waals surface area contributed by atoms with Gasteiger partial charge in [-0.1, -0.05) is 23.4 Å². The number of oxime groups is 1. The molecule has 0 radical (unpaired) electrons. The Kier molecular flexibility index (Phi) is 6.20. The van der Waals surface area contributed by atoms with Crippen molar-refractivity contribution in [3.8, 4) is 17.2 Å². The third kappa shape index (κ3) is 3.77. The van der Waals surface area contributed by atoms with Crippen LogP contribution in [0, 0.1) is 5.82 Å². The molecule has 0 bridgehead atoms. The van der Waals surface area contributed by atoms with E-state index in [0.717, 1.165) is 13.2 Å². The van der Waals surface area contributed by atoms with Crippen LogP contribution in [0.5, 0.6) is 17.2 Å². The molecule has 0 saturated heterocycles. The number of aromatic nitrogens is 1. The molecule has 3 aliphatic rings. The lowest BCUT2D eigenvalue weighted by Gasteiger charge is -2.22. The van der Waals surface area contributed by atoms with E-state index >= 15 is 0 Å². The van der Waals surface area contributed by atoms with Gasteiger partial charge in [-0.15, -0.1) is 0 Å². The molecule has 46 heavy (non-hydrogen) atoms. The second-order valence-electron chi connectivity index (χ2n) is 11.1. The van der Waals surface area contributed by atoms with Gasteiger partial charge in [0.2, 0.25) is 5.78 Å². The van der Waals surface area contributed by atoms with Crippen molar-refractivity contribution < 1.29 is 48.5 Å². The topological polar surface area (TPSA) is 193 Å². The molecular weight excluding hydrogens is 603 g/mol. The van der Waals surface area contributed by atoms with E-state index in [4.69, 9.17) is 9.57 Å². The minimum absolute atomic E-state index is 0.0344. The number of ketones is 4. The summed E-state index contributed by atoms with van der Waals surface area (Å²) in [5.41, 5.74) is -4.63. The number of phenolic OH excluding ortho intramolecular Hbond substituents is 3. The van der Waals surface area contributed by atoms with Gasteiger partial charge in [0.05, 0.1) is 46.7 Å². The second kappa shape index (κ2) is 9.95. The van der Waals surface area contributed by atoms with E-state index in [-0.39, 0.29) is 41.5 Å². The zero-order valence-electron chi connectivity index (χ0n) is 23.8. The van der Waals surface area contributed by atoms with Gasteiger partial charge in [0, 0.05) is 11.6 Å². The number of ether oxygens (including phenoxy) is 1. The normalized spacial score (nSPS) is 18.3. The number of methoxy groups -OCH3 is 1. The number of allylic oxidation sites excluding steroid dienone is 2. The van der Waals surface area contributed by atoms with Gasteiger partial charge in [-0.2, -0.15) is 0 Å². The van der Waals surface area contributed by atoms with E-state index in [9.17, 15) is 43.7 Å². The lowest BCUT2D eigenvalue weighted by Crippen LogP contribution is -2.36. The first-order valence-electron chi connectivity index (χ1n) is 13.9. The Morgan fingerprint density at radius 2 is 1.67 bits per heavy atom. The van der Waals surface area contributed by atoms with Crippen molar-refractivity contribution in [2.75, 3.05) is 7.11 Å². The summed E-state index contributed by atoms with van der Waals surface area (Å²) in [6.45, 7) is -0.0344. The molecule has 1 heterocycles. The summed E-state index contributed by atoms with van der Waals surface area (Å²) in [5.74, 6) is -7.31. The second-order valence-corrected chi connectivity index (χ2v) is 11.1. The molecule has 1 spiro atoms. The number of halogens is 1. The van der Waals surface area contributed by atoms with Gasteiger partial charge in [-0.3, -0.25) is 24.0 Å². The highest BCUT2D eigenvalue weighted by atomic mass is 19.1. The van der Waals surface area contributed by atoms with E-state index < -0.39 is 85.2 Å². The maximum Gasteiger partial charge on any atom is 0.260 e. The van der Waals surface area contributed by atoms with Gasteiger partial charge in [-0.25, -0.2) is 4.39 Å². The van der Waals surface area contributed by atoms with Gasteiger partial charge >= 0.3 is 0 Å². The quantitative estimate of drug-likeness (QED) is 0.111. The Morgan fingerprint density at radius 1 is 0.957 bits per heavy atom. The van der Waals surface area contributed by atoms with Crippen LogP contribution in [0.2, 0.25) is 0 Å². The molecule has 0 aliphatic heterocycles. The predicted octanol–water partition coefficient (Wildman–Crippen LogP) is 3.51. The lowest BCUT2D eigenvalue weighted by molar-refractivity contribution is 0.0790. The van der Waals surface area contributed by atoms with Crippen molar-refractivity contribution in [1.82, 2.24) is 4.98 Å². The van der Waals surface area contributed by atoms with E-state index in [0.29, 0.717) is 11.1 Å². The molecule has 0 saturated carbocycles. The zero-order chi connectivity index (χ0) is 32.7. The van der Waals surface area contributed by atoms with Gasteiger partial charge in [0.1, 0.15) is 35.1 Å². The smallest absolute Gasteiger partial charge is 0.260 e. The highest BCUT2D eigenvalue weighted by molar-refractivity contribution is 6.38. The van der Waals surface area contributed by atoms with Crippen LogP contribution in [0.25, 0.3) is 10.8 Å². The van der Waals surface area contributed by atoms with Crippen LogP contribution >= 0.6 is 0 Å². The third-order valence-electron chi connectivity index (χ3n) is 8.65. The van der Waals surface area contributed by atoms with E-state index in [1.807, 2.05) is 0 Å². The molecule has 4 aromatic rings. The summed E-state index contributed by atoms with van der Waals surface area (Å²) in [6, 6.07) is 8.77. The number of phenols is 3. The van der Waals surface area contributed by atoms with E-state index in [2.05, 4.69) is 10.1 Å². The molecule has 1 aromatic heterocycles. The minimum atomic E-state index is -2.14. The van der Waals surface area contributed by atoms with Gasteiger partial charge in [0.15, 0.2) is 23.1 Å². The number of H-pyrrole nitrogens is 1. The maximum absolute atomic E-state index is 14.1. The highest BCUT2D eigenvalue weighted by Gasteiger charge is 2.61. The number of aromatic amines is 1. The van der Waals surface area contributed by atoms with Crippen LogP contribution in [-0.4, -0.2) is 56.8 Å². The lowest BCUT2D eigenvalue weighted by atomic mass is 9.76. The first kappa shape index (κ1) is 28.6. The molecule has 4 N–H and O–H groups in total. The largest absolute Gasteiger partial charge is 0.507 e. The van der Waals surface area contributed by atoms with Crippen molar-refractivity contribution >= 4 is 40.1 Å². The van der Waals surface area contributed by atoms with Gasteiger partial charge < -0.3 is 29.9 Å². The number of benzene rings is 3. The first-order chi connectivity index (χ1) is 22.0. The molecule has 230 valence electrons. The molecular formula is C33H21FN2O10. The summed E-state index contributed by atoms with van der Waals surface area (Å²) < 4.78 is 18.3. The van der Waals surface area contributed by atoms with E-state index in [1.54, 1.807) is 6.07 Å². The Labute approximate surface area is 257 Å². The Balaban J connectivity index is 1.30. The number of pyridine rings is 1. The number of carbonyl (C=O) groups excluding carboxylic acids is 4. The zero-order valence-corrected chi connectivity index (χ0v) is 23.8. The van der Waals surface area contributed by atoms with Crippen molar-refractivity contribution in [2.45, 2.75) is 24.9 Å². The average Bonchev–Trinajstić information content (AvgIpc) is 3.51. The Morgan fingerprint density at radius 3 is 2.37 bits per heavy atom. The summed E-state index contributed by atoms with van der Waals surface area (Å²) in [6.07, 6.45) is 1.92. The van der Waals surface area contributed by atoms with Crippen molar-refractivity contribution in [2.24, 2.45) is 5.16 Å². The Bertz CT molecular complexity index is 2250. The van der Waals surface area contributed by atoms with Crippen LogP contribution in [-0.2, 0) is 28.0 Å². The van der Waals surface area contributed by atoms with Crippen LogP contribution in [0.4, 0.5) is 4.39 Å². The molecule has 0 fully saturated rings. The first-order valence-corrected chi connectivity index (χ1v) is 13.9. The fourth-order valence-electron chi connectivity index (χ4n) is 6.66. The number of rotatable bonds is 5. The summed E-state index contributed by atoms with van der Waals surface area (Å²) in [7, 11) is 1.12. The summed E-state index contributed by atoms with van der Waals surface area (Å²) in [5, 5.41) is 37.6. The third-order valence-corrected chi connectivity index (χ3v) is 8.65. The predicted molar refractivity (Wildman–Crippen MR) is 157 cm³/mol. The monoisotopic (exact) mass is 624 g/mol. The van der Waals surface area contributed by atoms with Crippen molar-refractivity contribution in [3.05, 3.63) is 109 Å². The summed E-state index contributed by atoms with van der Waals surface area (Å²) >= 11 is 0. The molecule has 3 aliphatic carbocycles. The fourth-order valence-corrected chi connectivity index (χ4v) is 6.66.